The molecule has 2 heterocycles. The normalized spacial score (nSPS) is 10.5. The largest absolute Gasteiger partial charge is 0.462 e. The molecule has 0 atom stereocenters. The molecule has 8 heteroatoms. The summed E-state index contributed by atoms with van der Waals surface area (Å²) in [4.78, 5) is 31.5. The highest BCUT2D eigenvalue weighted by atomic mass is 19.1. The lowest BCUT2D eigenvalue weighted by molar-refractivity contribution is 0.0525. The van der Waals surface area contributed by atoms with E-state index in [4.69, 9.17) is 9.47 Å². The number of halogens is 1. The molecular formula is C22H22FN3O4. The van der Waals surface area contributed by atoms with Crippen LogP contribution in [0.15, 0.2) is 42.7 Å². The zero-order valence-electron chi connectivity index (χ0n) is 16.9. The maximum atomic E-state index is 14.3. The third-order valence-electron chi connectivity index (χ3n) is 4.46. The standard InChI is InChI=1S/C22H22FN3O4/c1-4-29-22(28)19-13(2)20(26-14(19)3)21(27)25-11-15-7-8-18(17(23)10-15)30-16-6-5-9-24-12-16/h5-10,12,26H,4,11H2,1-3H3,(H,25,27). The van der Waals surface area contributed by atoms with E-state index in [1.807, 2.05) is 0 Å². The van der Waals surface area contributed by atoms with Crippen molar-refractivity contribution in [1.82, 2.24) is 15.3 Å². The molecule has 7 nitrogen and oxygen atoms in total. The minimum Gasteiger partial charge on any atom is -0.462 e. The van der Waals surface area contributed by atoms with Crippen molar-refractivity contribution >= 4 is 11.9 Å². The smallest absolute Gasteiger partial charge is 0.340 e. The summed E-state index contributed by atoms with van der Waals surface area (Å²) in [7, 11) is 0. The van der Waals surface area contributed by atoms with E-state index < -0.39 is 17.7 Å². The van der Waals surface area contributed by atoms with Gasteiger partial charge in [0.1, 0.15) is 11.4 Å². The number of nitrogens with zero attached hydrogens (tertiary/aromatic N) is 1. The number of nitrogens with one attached hydrogen (secondary N) is 2. The molecule has 156 valence electrons. The van der Waals surface area contributed by atoms with Crippen LogP contribution in [0.3, 0.4) is 0 Å². The number of ether oxygens (including phenoxy) is 2. The van der Waals surface area contributed by atoms with Gasteiger partial charge >= 0.3 is 5.97 Å². The van der Waals surface area contributed by atoms with Crippen molar-refractivity contribution in [1.29, 1.82) is 0 Å². The number of rotatable bonds is 7. The number of aromatic nitrogens is 2. The van der Waals surface area contributed by atoms with Crippen LogP contribution in [0.1, 0.15) is 44.6 Å². The predicted octanol–water partition coefficient (Wildman–Crippen LogP) is 4.06. The number of pyridine rings is 1. The number of amides is 1. The van der Waals surface area contributed by atoms with E-state index in [0.29, 0.717) is 28.1 Å². The number of benzene rings is 1. The van der Waals surface area contributed by atoms with E-state index in [1.165, 1.54) is 18.3 Å². The van der Waals surface area contributed by atoms with Crippen molar-refractivity contribution in [3.8, 4) is 11.5 Å². The fraction of sp³-hybridized carbons (Fsp3) is 0.227. The minimum absolute atomic E-state index is 0.0630. The first kappa shape index (κ1) is 21.0. The average Bonchev–Trinajstić information content (AvgIpc) is 3.03. The van der Waals surface area contributed by atoms with Crippen LogP contribution in [-0.4, -0.2) is 28.5 Å². The monoisotopic (exact) mass is 411 g/mol. The molecule has 2 N–H and O–H groups in total. The molecule has 3 rings (SSSR count). The lowest BCUT2D eigenvalue weighted by Gasteiger charge is -2.09. The number of esters is 1. The van der Waals surface area contributed by atoms with Crippen LogP contribution in [0.4, 0.5) is 4.39 Å². The predicted molar refractivity (Wildman–Crippen MR) is 108 cm³/mol. The third kappa shape index (κ3) is 4.65. The number of H-pyrrole nitrogens is 1. The molecule has 0 aliphatic carbocycles. The van der Waals surface area contributed by atoms with Crippen LogP contribution in [0.25, 0.3) is 0 Å². The molecule has 0 saturated carbocycles. The highest BCUT2D eigenvalue weighted by molar-refractivity contribution is 6.00. The lowest BCUT2D eigenvalue weighted by Crippen LogP contribution is -2.24. The Morgan fingerprint density at radius 2 is 2.03 bits per heavy atom. The number of carbonyl (C=O) groups excluding carboxylic acids is 2. The Balaban J connectivity index is 1.67. The van der Waals surface area contributed by atoms with Crippen molar-refractivity contribution in [3.63, 3.8) is 0 Å². The Morgan fingerprint density at radius 3 is 2.70 bits per heavy atom. The number of hydrogen-bond acceptors (Lipinski definition) is 5. The van der Waals surface area contributed by atoms with Crippen molar-refractivity contribution in [2.24, 2.45) is 0 Å². The molecule has 0 bridgehead atoms. The van der Waals surface area contributed by atoms with Gasteiger partial charge in [-0.1, -0.05) is 6.07 Å². The molecule has 0 aliphatic heterocycles. The first-order valence-electron chi connectivity index (χ1n) is 9.41. The fourth-order valence-electron chi connectivity index (χ4n) is 3.03. The number of hydrogen-bond donors (Lipinski definition) is 2. The molecule has 0 saturated heterocycles. The van der Waals surface area contributed by atoms with Gasteiger partial charge < -0.3 is 19.8 Å². The molecule has 0 spiro atoms. The van der Waals surface area contributed by atoms with Gasteiger partial charge in [-0.3, -0.25) is 9.78 Å². The van der Waals surface area contributed by atoms with Gasteiger partial charge in [0.05, 0.1) is 18.4 Å². The van der Waals surface area contributed by atoms with Crippen LogP contribution in [0.2, 0.25) is 0 Å². The average molecular weight is 411 g/mol. The molecule has 3 aromatic rings. The Hall–Kier alpha value is -3.68. The summed E-state index contributed by atoms with van der Waals surface area (Å²) in [6, 6.07) is 7.81. The van der Waals surface area contributed by atoms with Crippen molar-refractivity contribution in [3.05, 3.63) is 76.6 Å². The van der Waals surface area contributed by atoms with Gasteiger partial charge in [-0.2, -0.15) is 0 Å². The maximum Gasteiger partial charge on any atom is 0.340 e. The molecular weight excluding hydrogens is 389 g/mol. The third-order valence-corrected chi connectivity index (χ3v) is 4.46. The van der Waals surface area contributed by atoms with Crippen LogP contribution >= 0.6 is 0 Å². The van der Waals surface area contributed by atoms with Gasteiger partial charge in [0.2, 0.25) is 0 Å². The van der Waals surface area contributed by atoms with Gasteiger partial charge in [0, 0.05) is 18.4 Å². The van der Waals surface area contributed by atoms with E-state index in [2.05, 4.69) is 15.3 Å². The molecule has 2 aromatic heterocycles. The maximum absolute atomic E-state index is 14.3. The van der Waals surface area contributed by atoms with E-state index in [0.717, 1.165) is 0 Å². The lowest BCUT2D eigenvalue weighted by atomic mass is 10.1. The summed E-state index contributed by atoms with van der Waals surface area (Å²) >= 11 is 0. The topological polar surface area (TPSA) is 93.3 Å². The van der Waals surface area contributed by atoms with Crippen molar-refractivity contribution in [2.75, 3.05) is 6.61 Å². The Labute approximate surface area is 173 Å². The van der Waals surface area contributed by atoms with Gasteiger partial charge in [0.15, 0.2) is 11.6 Å². The summed E-state index contributed by atoms with van der Waals surface area (Å²) in [5.74, 6) is -0.946. The summed E-state index contributed by atoms with van der Waals surface area (Å²) in [5.41, 5.74) is 2.25. The molecule has 1 aromatic carbocycles. The van der Waals surface area contributed by atoms with E-state index in [9.17, 15) is 14.0 Å². The second-order valence-electron chi connectivity index (χ2n) is 6.58. The molecule has 0 fully saturated rings. The van der Waals surface area contributed by atoms with Crippen LogP contribution in [0.5, 0.6) is 11.5 Å². The molecule has 0 aliphatic rings. The van der Waals surface area contributed by atoms with Crippen LogP contribution in [0, 0.1) is 19.7 Å². The fourth-order valence-corrected chi connectivity index (χ4v) is 3.03. The number of aryl methyl sites for hydroxylation is 1. The second kappa shape index (κ2) is 9.21. The summed E-state index contributed by atoms with van der Waals surface area (Å²) in [6.07, 6.45) is 3.08. The van der Waals surface area contributed by atoms with Crippen LogP contribution in [-0.2, 0) is 11.3 Å². The van der Waals surface area contributed by atoms with Gasteiger partial charge in [-0.25, -0.2) is 9.18 Å². The summed E-state index contributed by atoms with van der Waals surface area (Å²) < 4.78 is 24.8. The molecule has 30 heavy (non-hydrogen) atoms. The quantitative estimate of drug-likeness (QED) is 0.572. The van der Waals surface area contributed by atoms with Crippen LogP contribution < -0.4 is 10.1 Å². The van der Waals surface area contributed by atoms with Gasteiger partial charge in [0.25, 0.3) is 5.91 Å². The van der Waals surface area contributed by atoms with E-state index in [1.54, 1.807) is 45.2 Å². The zero-order valence-corrected chi connectivity index (χ0v) is 16.9. The molecule has 1 amide bonds. The van der Waals surface area contributed by atoms with Gasteiger partial charge in [-0.15, -0.1) is 0 Å². The van der Waals surface area contributed by atoms with Gasteiger partial charge in [-0.05, 0) is 56.2 Å². The second-order valence-corrected chi connectivity index (χ2v) is 6.58. The zero-order chi connectivity index (χ0) is 21.7. The Morgan fingerprint density at radius 1 is 1.23 bits per heavy atom. The molecule has 0 radical (unpaired) electrons. The number of aromatic amines is 1. The van der Waals surface area contributed by atoms with Crippen molar-refractivity contribution < 1.29 is 23.5 Å². The number of carbonyl (C=O) groups is 2. The summed E-state index contributed by atoms with van der Waals surface area (Å²) in [6.45, 7) is 5.45. The highest BCUT2D eigenvalue weighted by Crippen LogP contribution is 2.24. The minimum atomic E-state index is -0.554. The van der Waals surface area contributed by atoms with Crippen molar-refractivity contribution in [2.45, 2.75) is 27.3 Å². The van der Waals surface area contributed by atoms with E-state index >= 15 is 0 Å². The first-order chi connectivity index (χ1) is 14.4. The molecule has 0 unspecified atom stereocenters. The van der Waals surface area contributed by atoms with E-state index in [-0.39, 0.29) is 24.6 Å². The first-order valence-corrected chi connectivity index (χ1v) is 9.41. The Kier molecular flexibility index (Phi) is 6.46. The Bertz CT molecular complexity index is 1060. The summed E-state index contributed by atoms with van der Waals surface area (Å²) in [5, 5.41) is 2.72. The highest BCUT2D eigenvalue weighted by Gasteiger charge is 2.22. The SMILES string of the molecule is CCOC(=O)c1c(C)[nH]c(C(=O)NCc2ccc(Oc3cccnc3)c(F)c2)c1C.